The van der Waals surface area contributed by atoms with Gasteiger partial charge in [0.1, 0.15) is 5.82 Å². The van der Waals surface area contributed by atoms with E-state index in [1.807, 2.05) is 18.2 Å². The summed E-state index contributed by atoms with van der Waals surface area (Å²) in [6, 6.07) is 13.2. The summed E-state index contributed by atoms with van der Waals surface area (Å²) < 4.78 is 0. The van der Waals surface area contributed by atoms with E-state index in [0.717, 1.165) is 11.3 Å². The van der Waals surface area contributed by atoms with Crippen LogP contribution in [0.2, 0.25) is 0 Å². The highest BCUT2D eigenvalue weighted by molar-refractivity contribution is 5.85. The SMILES string of the molecule is C[C@H]1[C@@H](Nc2cccc(C(=O)O)n2)c2cc(C#N)ccc2N[C@H]1C1CC1. The van der Waals surface area contributed by atoms with E-state index in [2.05, 4.69) is 28.6 Å². The molecule has 132 valence electrons. The lowest BCUT2D eigenvalue weighted by atomic mass is 9.81. The quantitative estimate of drug-likeness (QED) is 0.780. The molecule has 6 nitrogen and oxygen atoms in total. The van der Waals surface area contributed by atoms with Crippen molar-refractivity contribution < 1.29 is 9.90 Å². The van der Waals surface area contributed by atoms with Crippen molar-refractivity contribution >= 4 is 17.5 Å². The Kier molecular flexibility index (Phi) is 4.00. The molecule has 2 heterocycles. The molecule has 1 aromatic heterocycles. The normalized spacial score (nSPS) is 24.1. The predicted octanol–water partition coefficient (Wildman–Crippen LogP) is 3.64. The molecule has 4 rings (SSSR count). The maximum absolute atomic E-state index is 11.2. The number of carbonyl (C=O) groups is 1. The first kappa shape index (κ1) is 16.4. The molecular weight excluding hydrogens is 328 g/mol. The van der Waals surface area contributed by atoms with Crippen LogP contribution in [-0.2, 0) is 0 Å². The van der Waals surface area contributed by atoms with E-state index in [4.69, 9.17) is 0 Å². The van der Waals surface area contributed by atoms with Gasteiger partial charge in [-0.2, -0.15) is 5.26 Å². The summed E-state index contributed by atoms with van der Waals surface area (Å²) in [5.74, 6) is 0.428. The monoisotopic (exact) mass is 348 g/mol. The molecule has 1 aromatic carbocycles. The number of nitrogens with zero attached hydrogens (tertiary/aromatic N) is 2. The highest BCUT2D eigenvalue weighted by Gasteiger charge is 2.42. The molecule has 0 amide bonds. The topological polar surface area (TPSA) is 98.0 Å². The molecule has 3 N–H and O–H groups in total. The molecule has 0 unspecified atom stereocenters. The fourth-order valence-corrected chi connectivity index (χ4v) is 3.83. The standard InChI is InChI=1S/C20H20N4O2/c1-11-18(13-6-7-13)23-15-8-5-12(10-21)9-14(15)19(11)24-17-4-2-3-16(22-17)20(25)26/h2-5,8-9,11,13,18-19,23H,6-7H2,1H3,(H,22,24)(H,25,26)/t11-,18-,19-/m1/s1. The van der Waals surface area contributed by atoms with Crippen molar-refractivity contribution in [2.24, 2.45) is 11.8 Å². The molecule has 2 aliphatic rings. The number of fused-ring (bicyclic) bond motifs is 1. The van der Waals surface area contributed by atoms with Gasteiger partial charge in [0, 0.05) is 17.6 Å². The second kappa shape index (κ2) is 6.34. The van der Waals surface area contributed by atoms with Crippen LogP contribution in [0.15, 0.2) is 36.4 Å². The third-order valence-corrected chi connectivity index (χ3v) is 5.33. The minimum Gasteiger partial charge on any atom is -0.477 e. The minimum atomic E-state index is -1.05. The number of pyridine rings is 1. The molecule has 0 radical (unpaired) electrons. The van der Waals surface area contributed by atoms with E-state index < -0.39 is 5.97 Å². The van der Waals surface area contributed by atoms with Gasteiger partial charge in [0.25, 0.3) is 0 Å². The minimum absolute atomic E-state index is 0.0151. The molecule has 0 bridgehead atoms. The summed E-state index contributed by atoms with van der Waals surface area (Å²) in [6.45, 7) is 2.19. The Morgan fingerprint density at radius 2 is 2.15 bits per heavy atom. The Labute approximate surface area is 151 Å². The van der Waals surface area contributed by atoms with Gasteiger partial charge in [0.15, 0.2) is 5.69 Å². The van der Waals surface area contributed by atoms with E-state index in [-0.39, 0.29) is 17.7 Å². The van der Waals surface area contributed by atoms with Gasteiger partial charge in [-0.25, -0.2) is 9.78 Å². The van der Waals surface area contributed by atoms with Crippen LogP contribution >= 0.6 is 0 Å². The van der Waals surface area contributed by atoms with Crippen molar-refractivity contribution in [2.75, 3.05) is 10.6 Å². The molecule has 0 saturated heterocycles. The Morgan fingerprint density at radius 1 is 1.35 bits per heavy atom. The maximum Gasteiger partial charge on any atom is 0.354 e. The Morgan fingerprint density at radius 3 is 2.85 bits per heavy atom. The van der Waals surface area contributed by atoms with Crippen molar-refractivity contribution in [3.05, 3.63) is 53.2 Å². The first-order valence-corrected chi connectivity index (χ1v) is 8.84. The van der Waals surface area contributed by atoms with Crippen LogP contribution < -0.4 is 10.6 Å². The zero-order valence-electron chi connectivity index (χ0n) is 14.4. The molecule has 6 heteroatoms. The van der Waals surface area contributed by atoms with Crippen molar-refractivity contribution in [3.63, 3.8) is 0 Å². The number of aromatic carboxylic acids is 1. The number of hydrogen-bond donors (Lipinski definition) is 3. The van der Waals surface area contributed by atoms with E-state index in [9.17, 15) is 15.2 Å². The van der Waals surface area contributed by atoms with Gasteiger partial charge in [-0.3, -0.25) is 0 Å². The highest BCUT2D eigenvalue weighted by Crippen LogP contribution is 2.46. The van der Waals surface area contributed by atoms with Crippen LogP contribution in [0, 0.1) is 23.2 Å². The number of carboxylic acid groups (broad SMARTS) is 1. The van der Waals surface area contributed by atoms with Gasteiger partial charge in [0.05, 0.1) is 17.7 Å². The zero-order chi connectivity index (χ0) is 18.3. The Balaban J connectivity index is 1.72. The number of benzene rings is 1. The second-order valence-electron chi connectivity index (χ2n) is 7.12. The average molecular weight is 348 g/mol. The molecule has 3 atom stereocenters. The van der Waals surface area contributed by atoms with E-state index in [1.165, 1.54) is 18.9 Å². The van der Waals surface area contributed by atoms with Gasteiger partial charge in [0.2, 0.25) is 0 Å². The van der Waals surface area contributed by atoms with Gasteiger partial charge < -0.3 is 15.7 Å². The summed E-state index contributed by atoms with van der Waals surface area (Å²) >= 11 is 0. The largest absolute Gasteiger partial charge is 0.477 e. The number of carboxylic acids is 1. The molecule has 2 aromatic rings. The molecule has 1 aliphatic carbocycles. The van der Waals surface area contributed by atoms with Crippen molar-refractivity contribution in [2.45, 2.75) is 31.8 Å². The van der Waals surface area contributed by atoms with E-state index in [0.29, 0.717) is 23.3 Å². The lowest BCUT2D eigenvalue weighted by molar-refractivity contribution is 0.0690. The van der Waals surface area contributed by atoms with Crippen molar-refractivity contribution in [3.8, 4) is 6.07 Å². The molecule has 1 fully saturated rings. The molecule has 1 saturated carbocycles. The Bertz CT molecular complexity index is 901. The highest BCUT2D eigenvalue weighted by atomic mass is 16.4. The number of aromatic nitrogens is 1. The maximum atomic E-state index is 11.2. The van der Waals surface area contributed by atoms with Crippen LogP contribution in [0.25, 0.3) is 0 Å². The number of nitrogens with one attached hydrogen (secondary N) is 2. The van der Waals surface area contributed by atoms with Crippen molar-refractivity contribution in [1.29, 1.82) is 5.26 Å². The molecule has 26 heavy (non-hydrogen) atoms. The van der Waals surface area contributed by atoms with Gasteiger partial charge >= 0.3 is 5.97 Å². The summed E-state index contributed by atoms with van der Waals surface area (Å²) in [5, 5.41) is 25.5. The fraction of sp³-hybridized carbons (Fsp3) is 0.350. The lowest BCUT2D eigenvalue weighted by Crippen LogP contribution is -2.40. The third kappa shape index (κ3) is 2.97. The smallest absolute Gasteiger partial charge is 0.354 e. The van der Waals surface area contributed by atoms with Gasteiger partial charge in [-0.05, 0) is 54.7 Å². The third-order valence-electron chi connectivity index (χ3n) is 5.33. The summed E-state index contributed by atoms with van der Waals surface area (Å²) in [5.41, 5.74) is 2.69. The number of hydrogen-bond acceptors (Lipinski definition) is 5. The van der Waals surface area contributed by atoms with Crippen LogP contribution in [0.3, 0.4) is 0 Å². The van der Waals surface area contributed by atoms with Crippen LogP contribution in [0.1, 0.15) is 47.4 Å². The molecule has 1 aliphatic heterocycles. The zero-order valence-corrected chi connectivity index (χ0v) is 14.4. The second-order valence-corrected chi connectivity index (χ2v) is 7.12. The van der Waals surface area contributed by atoms with Gasteiger partial charge in [-0.1, -0.05) is 13.0 Å². The summed E-state index contributed by atoms with van der Waals surface area (Å²) in [7, 11) is 0. The number of anilines is 2. The first-order chi connectivity index (χ1) is 12.6. The summed E-state index contributed by atoms with van der Waals surface area (Å²) in [4.78, 5) is 15.4. The number of rotatable bonds is 4. The van der Waals surface area contributed by atoms with Crippen LogP contribution in [-0.4, -0.2) is 22.1 Å². The number of nitriles is 1. The first-order valence-electron chi connectivity index (χ1n) is 8.84. The Hall–Kier alpha value is -3.07. The molecular formula is C20H20N4O2. The fourth-order valence-electron chi connectivity index (χ4n) is 3.83. The summed E-state index contributed by atoms with van der Waals surface area (Å²) in [6.07, 6.45) is 2.46. The predicted molar refractivity (Wildman–Crippen MR) is 98.0 cm³/mol. The van der Waals surface area contributed by atoms with Crippen LogP contribution in [0.5, 0.6) is 0 Å². The van der Waals surface area contributed by atoms with Gasteiger partial charge in [-0.15, -0.1) is 0 Å². The van der Waals surface area contributed by atoms with Crippen LogP contribution in [0.4, 0.5) is 11.5 Å². The lowest BCUT2D eigenvalue weighted by Gasteiger charge is -2.40. The van der Waals surface area contributed by atoms with E-state index in [1.54, 1.807) is 12.1 Å². The molecule has 0 spiro atoms. The average Bonchev–Trinajstić information content (AvgIpc) is 3.48. The van der Waals surface area contributed by atoms with Crippen molar-refractivity contribution in [1.82, 2.24) is 4.98 Å². The van der Waals surface area contributed by atoms with E-state index >= 15 is 0 Å².